The van der Waals surface area contributed by atoms with Crippen molar-refractivity contribution in [3.63, 3.8) is 0 Å². The molecule has 2 saturated heterocycles. The maximum Gasteiger partial charge on any atom is 0.408 e. The van der Waals surface area contributed by atoms with Crippen LogP contribution in [-0.2, 0) is 11.3 Å². The van der Waals surface area contributed by atoms with Gasteiger partial charge in [-0.1, -0.05) is 12.1 Å². The van der Waals surface area contributed by atoms with E-state index in [2.05, 4.69) is 15.1 Å². The zero-order valence-electron chi connectivity index (χ0n) is 16.9. The molecule has 0 aliphatic carbocycles. The van der Waals surface area contributed by atoms with Crippen LogP contribution in [0.1, 0.15) is 57.7 Å². The second kappa shape index (κ2) is 8.15. The summed E-state index contributed by atoms with van der Waals surface area (Å²) >= 11 is 0. The fourth-order valence-corrected chi connectivity index (χ4v) is 3.97. The Labute approximate surface area is 161 Å². The van der Waals surface area contributed by atoms with Crippen LogP contribution in [0.2, 0.25) is 0 Å². The van der Waals surface area contributed by atoms with Crippen LogP contribution in [0.4, 0.5) is 9.18 Å². The van der Waals surface area contributed by atoms with Crippen molar-refractivity contribution in [3.05, 3.63) is 35.1 Å². The van der Waals surface area contributed by atoms with Crippen molar-refractivity contribution in [1.82, 2.24) is 15.1 Å². The van der Waals surface area contributed by atoms with Gasteiger partial charge in [-0.3, -0.25) is 9.80 Å². The summed E-state index contributed by atoms with van der Waals surface area (Å²) in [5.74, 6) is -0.209. The minimum absolute atomic E-state index is 0.209. The summed E-state index contributed by atoms with van der Waals surface area (Å²) in [5.41, 5.74) is 0.903. The molecule has 3 rings (SSSR count). The smallest absolute Gasteiger partial charge is 0.408 e. The average Bonchev–Trinajstić information content (AvgIpc) is 3.02. The van der Waals surface area contributed by atoms with E-state index in [-0.39, 0.29) is 11.9 Å². The number of benzene rings is 1. The summed E-state index contributed by atoms with van der Waals surface area (Å²) in [7, 11) is 0. The molecule has 0 spiro atoms. The molecule has 0 aromatic heterocycles. The number of piperazine rings is 1. The lowest BCUT2D eigenvalue weighted by Crippen LogP contribution is -2.49. The first-order valence-electron chi connectivity index (χ1n) is 9.95. The molecule has 2 aliphatic heterocycles. The molecule has 0 saturated carbocycles. The molecule has 27 heavy (non-hydrogen) atoms. The monoisotopic (exact) mass is 377 g/mol. The molecule has 2 atom stereocenters. The second-order valence-electron chi connectivity index (χ2n) is 8.79. The number of carbonyl (C=O) groups is 1. The van der Waals surface area contributed by atoms with E-state index in [4.69, 9.17) is 4.74 Å². The lowest BCUT2D eigenvalue weighted by Gasteiger charge is -2.37. The summed E-state index contributed by atoms with van der Waals surface area (Å²) in [6, 6.07) is 5.60. The van der Waals surface area contributed by atoms with Crippen LogP contribution in [0.15, 0.2) is 18.2 Å². The predicted molar refractivity (Wildman–Crippen MR) is 104 cm³/mol. The molecule has 150 valence electrons. The lowest BCUT2D eigenvalue weighted by atomic mass is 10.0. The van der Waals surface area contributed by atoms with Crippen molar-refractivity contribution >= 4 is 6.09 Å². The molecule has 2 fully saturated rings. The third-order valence-electron chi connectivity index (χ3n) is 5.38. The van der Waals surface area contributed by atoms with Crippen LogP contribution in [0, 0.1) is 5.82 Å². The van der Waals surface area contributed by atoms with E-state index in [1.807, 2.05) is 39.8 Å². The number of nitrogens with one attached hydrogen (secondary N) is 1. The molecule has 2 heterocycles. The van der Waals surface area contributed by atoms with E-state index in [0.29, 0.717) is 12.6 Å². The summed E-state index contributed by atoms with van der Waals surface area (Å²) in [6.07, 6.45) is 2.05. The maximum absolute atomic E-state index is 14.7. The summed E-state index contributed by atoms with van der Waals surface area (Å²) in [4.78, 5) is 16.8. The molecule has 1 N–H and O–H groups in total. The highest BCUT2D eigenvalue weighted by Crippen LogP contribution is 2.24. The number of ether oxygens (including phenoxy) is 1. The molecule has 1 aromatic carbocycles. The van der Waals surface area contributed by atoms with Crippen molar-refractivity contribution < 1.29 is 13.9 Å². The van der Waals surface area contributed by atoms with Crippen molar-refractivity contribution in [1.29, 1.82) is 0 Å². The molecule has 2 aliphatic rings. The van der Waals surface area contributed by atoms with Gasteiger partial charge in [-0.05, 0) is 58.7 Å². The highest BCUT2D eigenvalue weighted by atomic mass is 19.1. The fourth-order valence-electron chi connectivity index (χ4n) is 3.97. The molecular formula is C21H32FN3O2. The standard InChI is InChI=1S/C21H32FN3O2/c1-15(23-20(26)27-21(2,3)4)16-7-8-17(19(22)12-16)13-24-10-11-25-9-5-6-18(25)14-24/h7-8,12,15,18H,5-6,9-11,13-14H2,1-4H3,(H,23,26)/t15-,18+/m0/s1. The topological polar surface area (TPSA) is 44.8 Å². The highest BCUT2D eigenvalue weighted by Gasteiger charge is 2.30. The van der Waals surface area contributed by atoms with Gasteiger partial charge in [0.25, 0.3) is 0 Å². The molecule has 1 amide bonds. The Morgan fingerprint density at radius 1 is 1.33 bits per heavy atom. The average molecular weight is 378 g/mol. The Bertz CT molecular complexity index is 674. The first-order chi connectivity index (χ1) is 12.7. The summed E-state index contributed by atoms with van der Waals surface area (Å²) < 4.78 is 19.9. The third kappa shape index (κ3) is 5.42. The van der Waals surface area contributed by atoms with E-state index in [0.717, 1.165) is 30.8 Å². The van der Waals surface area contributed by atoms with E-state index < -0.39 is 11.7 Å². The Kier molecular flexibility index (Phi) is 6.06. The molecule has 0 bridgehead atoms. The molecule has 0 unspecified atom stereocenters. The minimum Gasteiger partial charge on any atom is -0.444 e. The number of nitrogens with zero attached hydrogens (tertiary/aromatic N) is 2. The fraction of sp³-hybridized carbons (Fsp3) is 0.667. The van der Waals surface area contributed by atoms with Gasteiger partial charge in [0.1, 0.15) is 11.4 Å². The first kappa shape index (κ1) is 20.1. The SMILES string of the molecule is C[C@H](NC(=O)OC(C)(C)C)c1ccc(CN2CCN3CCC[C@@H]3C2)c(F)c1. The highest BCUT2D eigenvalue weighted by molar-refractivity contribution is 5.68. The zero-order valence-corrected chi connectivity index (χ0v) is 16.9. The lowest BCUT2D eigenvalue weighted by molar-refractivity contribution is 0.0508. The predicted octanol–water partition coefficient (Wildman–Crippen LogP) is 3.69. The quantitative estimate of drug-likeness (QED) is 0.869. The van der Waals surface area contributed by atoms with Gasteiger partial charge < -0.3 is 10.1 Å². The van der Waals surface area contributed by atoms with Gasteiger partial charge in [0, 0.05) is 37.8 Å². The third-order valence-corrected chi connectivity index (χ3v) is 5.38. The Hall–Kier alpha value is -1.66. The largest absolute Gasteiger partial charge is 0.444 e. The van der Waals surface area contributed by atoms with Crippen molar-refractivity contribution in [2.45, 2.75) is 64.8 Å². The number of hydrogen-bond acceptors (Lipinski definition) is 4. The van der Waals surface area contributed by atoms with Gasteiger partial charge >= 0.3 is 6.09 Å². The number of halogens is 1. The van der Waals surface area contributed by atoms with Crippen LogP contribution in [0.25, 0.3) is 0 Å². The van der Waals surface area contributed by atoms with Crippen molar-refractivity contribution in [2.24, 2.45) is 0 Å². The molecule has 5 nitrogen and oxygen atoms in total. The van der Waals surface area contributed by atoms with Gasteiger partial charge in [0.05, 0.1) is 6.04 Å². The van der Waals surface area contributed by atoms with Crippen LogP contribution >= 0.6 is 0 Å². The molecular weight excluding hydrogens is 345 g/mol. The van der Waals surface area contributed by atoms with Gasteiger partial charge in [0.2, 0.25) is 0 Å². The van der Waals surface area contributed by atoms with E-state index in [1.54, 1.807) is 0 Å². The van der Waals surface area contributed by atoms with Gasteiger partial charge in [-0.25, -0.2) is 9.18 Å². The first-order valence-corrected chi connectivity index (χ1v) is 9.95. The zero-order chi connectivity index (χ0) is 19.6. The Balaban J connectivity index is 1.57. The summed E-state index contributed by atoms with van der Waals surface area (Å²) in [6.45, 7) is 12.2. The number of fused-ring (bicyclic) bond motifs is 1. The maximum atomic E-state index is 14.7. The normalized spacial score (nSPS) is 22.3. The van der Waals surface area contributed by atoms with Gasteiger partial charge in [-0.15, -0.1) is 0 Å². The number of alkyl carbamates (subject to hydrolysis) is 1. The van der Waals surface area contributed by atoms with Crippen molar-refractivity contribution in [3.8, 4) is 0 Å². The molecule has 1 aromatic rings. The van der Waals surface area contributed by atoms with Crippen LogP contribution in [-0.4, -0.2) is 53.7 Å². The Morgan fingerprint density at radius 3 is 2.81 bits per heavy atom. The van der Waals surface area contributed by atoms with E-state index >= 15 is 0 Å². The second-order valence-corrected chi connectivity index (χ2v) is 8.79. The number of amides is 1. The van der Waals surface area contributed by atoms with Gasteiger partial charge in [-0.2, -0.15) is 0 Å². The molecule has 6 heteroatoms. The number of carbonyl (C=O) groups excluding carboxylic acids is 1. The van der Waals surface area contributed by atoms with Crippen LogP contribution < -0.4 is 5.32 Å². The van der Waals surface area contributed by atoms with Crippen LogP contribution in [0.5, 0.6) is 0 Å². The Morgan fingerprint density at radius 2 is 2.11 bits per heavy atom. The van der Waals surface area contributed by atoms with Crippen molar-refractivity contribution in [2.75, 3.05) is 26.2 Å². The minimum atomic E-state index is -0.553. The molecule has 0 radical (unpaired) electrons. The number of hydrogen-bond donors (Lipinski definition) is 1. The number of rotatable bonds is 4. The van der Waals surface area contributed by atoms with Crippen LogP contribution in [0.3, 0.4) is 0 Å². The summed E-state index contributed by atoms with van der Waals surface area (Å²) in [5, 5.41) is 2.76. The van der Waals surface area contributed by atoms with E-state index in [9.17, 15) is 9.18 Å². The van der Waals surface area contributed by atoms with E-state index in [1.165, 1.54) is 25.5 Å². The van der Waals surface area contributed by atoms with Gasteiger partial charge in [0.15, 0.2) is 0 Å².